The second kappa shape index (κ2) is 7.44. The Bertz CT molecular complexity index is 697. The lowest BCUT2D eigenvalue weighted by Crippen LogP contribution is -2.52. The molecule has 24 heavy (non-hydrogen) atoms. The number of sulfone groups is 1. The average molecular weight is 349 g/mol. The van der Waals surface area contributed by atoms with Crippen LogP contribution in [-0.4, -0.2) is 60.9 Å². The number of rotatable bonds is 4. The number of nitrogens with one attached hydrogen (secondary N) is 1. The standard InChI is InChI=1S/C17H23N3O3S/c21-17(8-7-14-6-2-3-9-18-14)19-15-12-24(22,23)13-16(15)20-10-4-1-5-11-20/h2-3,6-9,15-16H,1,4-5,10-13H2,(H,19,21)/b8-7+/t15-,16+/m1/s1. The highest BCUT2D eigenvalue weighted by Crippen LogP contribution is 2.22. The van der Waals surface area contributed by atoms with Gasteiger partial charge >= 0.3 is 0 Å². The molecule has 1 N–H and O–H groups in total. The zero-order valence-corrected chi connectivity index (χ0v) is 14.4. The third-order valence-electron chi connectivity index (χ3n) is 4.60. The minimum absolute atomic E-state index is 0.0251. The van der Waals surface area contributed by atoms with Gasteiger partial charge in [-0.1, -0.05) is 12.5 Å². The highest BCUT2D eigenvalue weighted by atomic mass is 32.2. The molecule has 0 radical (unpaired) electrons. The molecule has 2 saturated heterocycles. The molecule has 1 aromatic heterocycles. The molecule has 3 heterocycles. The number of pyridine rings is 1. The van der Waals surface area contributed by atoms with Crippen molar-refractivity contribution in [2.24, 2.45) is 0 Å². The fourth-order valence-electron chi connectivity index (χ4n) is 3.44. The summed E-state index contributed by atoms with van der Waals surface area (Å²) in [5.74, 6) is -0.107. The van der Waals surface area contributed by atoms with Gasteiger partial charge in [-0.25, -0.2) is 8.42 Å². The maximum atomic E-state index is 12.2. The van der Waals surface area contributed by atoms with Crippen LogP contribution in [0.25, 0.3) is 6.08 Å². The van der Waals surface area contributed by atoms with Gasteiger partial charge in [0.2, 0.25) is 5.91 Å². The topological polar surface area (TPSA) is 79.4 Å². The van der Waals surface area contributed by atoms with Gasteiger partial charge in [0.05, 0.1) is 23.2 Å². The van der Waals surface area contributed by atoms with E-state index in [0.29, 0.717) is 5.69 Å². The van der Waals surface area contributed by atoms with Crippen LogP contribution in [-0.2, 0) is 14.6 Å². The van der Waals surface area contributed by atoms with Gasteiger partial charge in [0.25, 0.3) is 0 Å². The molecule has 130 valence electrons. The number of piperidine rings is 1. The van der Waals surface area contributed by atoms with Gasteiger partial charge in [-0.3, -0.25) is 14.7 Å². The van der Waals surface area contributed by atoms with Gasteiger partial charge < -0.3 is 5.32 Å². The molecule has 2 aliphatic heterocycles. The van der Waals surface area contributed by atoms with Crippen molar-refractivity contribution in [3.8, 4) is 0 Å². The lowest BCUT2D eigenvalue weighted by atomic mass is 10.0. The molecule has 0 aliphatic carbocycles. The summed E-state index contributed by atoms with van der Waals surface area (Å²) in [7, 11) is -3.10. The number of likely N-dealkylation sites (tertiary alicyclic amines) is 1. The Hall–Kier alpha value is -1.73. The van der Waals surface area contributed by atoms with Gasteiger partial charge in [0.1, 0.15) is 0 Å². The first-order valence-corrected chi connectivity index (χ1v) is 10.2. The lowest BCUT2D eigenvalue weighted by Gasteiger charge is -2.34. The molecule has 7 heteroatoms. The van der Waals surface area contributed by atoms with E-state index in [1.807, 2.05) is 12.1 Å². The summed E-state index contributed by atoms with van der Waals surface area (Å²) in [6, 6.07) is 5.02. The van der Waals surface area contributed by atoms with E-state index in [1.165, 1.54) is 12.5 Å². The minimum Gasteiger partial charge on any atom is -0.347 e. The van der Waals surface area contributed by atoms with Crippen LogP contribution in [0, 0.1) is 0 Å². The van der Waals surface area contributed by atoms with Crippen molar-refractivity contribution in [3.05, 3.63) is 36.2 Å². The summed E-state index contributed by atoms with van der Waals surface area (Å²) < 4.78 is 24.1. The summed E-state index contributed by atoms with van der Waals surface area (Å²) in [5.41, 5.74) is 0.694. The monoisotopic (exact) mass is 349 g/mol. The van der Waals surface area contributed by atoms with Crippen LogP contribution < -0.4 is 5.32 Å². The van der Waals surface area contributed by atoms with Crippen molar-refractivity contribution in [2.75, 3.05) is 24.6 Å². The number of nitrogens with zero attached hydrogens (tertiary/aromatic N) is 2. The fourth-order valence-corrected chi connectivity index (χ4v) is 5.40. The maximum absolute atomic E-state index is 12.2. The van der Waals surface area contributed by atoms with Crippen molar-refractivity contribution in [1.29, 1.82) is 0 Å². The zero-order chi connectivity index (χ0) is 17.0. The largest absolute Gasteiger partial charge is 0.347 e. The molecule has 0 bridgehead atoms. The number of hydrogen-bond donors (Lipinski definition) is 1. The summed E-state index contributed by atoms with van der Waals surface area (Å²) in [6.07, 6.45) is 8.09. The molecule has 3 rings (SSSR count). The van der Waals surface area contributed by atoms with E-state index in [2.05, 4.69) is 15.2 Å². The first-order chi connectivity index (χ1) is 11.5. The zero-order valence-electron chi connectivity index (χ0n) is 13.6. The number of carbonyl (C=O) groups is 1. The number of carbonyl (C=O) groups excluding carboxylic acids is 1. The van der Waals surface area contributed by atoms with E-state index in [0.717, 1.165) is 25.9 Å². The molecule has 1 amide bonds. The van der Waals surface area contributed by atoms with Crippen molar-refractivity contribution in [1.82, 2.24) is 15.2 Å². The molecular formula is C17H23N3O3S. The van der Waals surface area contributed by atoms with Gasteiger partial charge in [0.15, 0.2) is 9.84 Å². The Balaban J connectivity index is 1.65. The van der Waals surface area contributed by atoms with Crippen LogP contribution in [0.2, 0.25) is 0 Å². The van der Waals surface area contributed by atoms with Crippen LogP contribution in [0.1, 0.15) is 25.0 Å². The third-order valence-corrected chi connectivity index (χ3v) is 6.32. The van der Waals surface area contributed by atoms with Crippen LogP contribution in [0.15, 0.2) is 30.5 Å². The molecular weight excluding hydrogens is 326 g/mol. The second-order valence-electron chi connectivity index (χ2n) is 6.44. The van der Waals surface area contributed by atoms with Crippen LogP contribution >= 0.6 is 0 Å². The van der Waals surface area contributed by atoms with Crippen molar-refractivity contribution in [2.45, 2.75) is 31.3 Å². The smallest absolute Gasteiger partial charge is 0.244 e. The molecule has 6 nitrogen and oxygen atoms in total. The van der Waals surface area contributed by atoms with E-state index >= 15 is 0 Å². The molecule has 1 aromatic rings. The SMILES string of the molecule is O=C(/C=C/c1ccccn1)N[C@@H]1CS(=O)(=O)C[C@@H]1N1CCCCC1. The summed E-state index contributed by atoms with van der Waals surface area (Å²) in [6.45, 7) is 1.83. The Morgan fingerprint density at radius 2 is 2.00 bits per heavy atom. The summed E-state index contributed by atoms with van der Waals surface area (Å²) in [5, 5.41) is 2.88. The predicted molar refractivity (Wildman–Crippen MR) is 93.1 cm³/mol. The second-order valence-corrected chi connectivity index (χ2v) is 8.60. The first kappa shape index (κ1) is 17.1. The highest BCUT2D eigenvalue weighted by Gasteiger charge is 2.41. The van der Waals surface area contributed by atoms with E-state index in [1.54, 1.807) is 18.3 Å². The Morgan fingerprint density at radius 1 is 1.21 bits per heavy atom. The fraction of sp³-hybridized carbons (Fsp3) is 0.529. The quantitative estimate of drug-likeness (QED) is 0.816. The summed E-state index contributed by atoms with van der Waals surface area (Å²) in [4.78, 5) is 18.5. The molecule has 0 saturated carbocycles. The minimum atomic E-state index is -3.10. The molecule has 0 aromatic carbocycles. The Morgan fingerprint density at radius 3 is 2.71 bits per heavy atom. The highest BCUT2D eigenvalue weighted by molar-refractivity contribution is 7.91. The summed E-state index contributed by atoms with van der Waals surface area (Å²) >= 11 is 0. The normalized spacial score (nSPS) is 27.3. The van der Waals surface area contributed by atoms with Gasteiger partial charge in [-0.15, -0.1) is 0 Å². The molecule has 0 unspecified atom stereocenters. The van der Waals surface area contributed by atoms with Crippen LogP contribution in [0.5, 0.6) is 0 Å². The predicted octanol–water partition coefficient (Wildman–Crippen LogP) is 0.862. The molecule has 2 aliphatic rings. The van der Waals surface area contributed by atoms with Crippen LogP contribution in [0.3, 0.4) is 0 Å². The first-order valence-electron chi connectivity index (χ1n) is 8.38. The van der Waals surface area contributed by atoms with E-state index in [9.17, 15) is 13.2 Å². The van der Waals surface area contributed by atoms with E-state index < -0.39 is 9.84 Å². The molecule has 2 atom stereocenters. The lowest BCUT2D eigenvalue weighted by molar-refractivity contribution is -0.117. The Kier molecular flexibility index (Phi) is 5.30. The van der Waals surface area contributed by atoms with Gasteiger partial charge in [-0.05, 0) is 44.1 Å². The number of hydrogen-bond acceptors (Lipinski definition) is 5. The molecule has 2 fully saturated rings. The van der Waals surface area contributed by atoms with E-state index in [4.69, 9.17) is 0 Å². The van der Waals surface area contributed by atoms with Gasteiger partial charge in [0, 0.05) is 18.3 Å². The van der Waals surface area contributed by atoms with Gasteiger partial charge in [-0.2, -0.15) is 0 Å². The number of amides is 1. The Labute approximate surface area is 142 Å². The average Bonchev–Trinajstić information content (AvgIpc) is 2.89. The third kappa shape index (κ3) is 4.42. The van der Waals surface area contributed by atoms with Crippen molar-refractivity contribution < 1.29 is 13.2 Å². The molecule has 0 spiro atoms. The van der Waals surface area contributed by atoms with Crippen molar-refractivity contribution in [3.63, 3.8) is 0 Å². The van der Waals surface area contributed by atoms with Crippen LogP contribution in [0.4, 0.5) is 0 Å². The maximum Gasteiger partial charge on any atom is 0.244 e. The van der Waals surface area contributed by atoms with E-state index in [-0.39, 0.29) is 29.5 Å². The van der Waals surface area contributed by atoms with Crippen molar-refractivity contribution >= 4 is 21.8 Å². The number of aromatic nitrogens is 1.